The zero-order valence-corrected chi connectivity index (χ0v) is 8.01. The Balaban J connectivity index is 1.88. The first-order valence-electron chi connectivity index (χ1n) is 4.73. The highest BCUT2D eigenvalue weighted by Crippen LogP contribution is 2.02. The fourth-order valence-electron chi connectivity index (χ4n) is 1.27. The van der Waals surface area contributed by atoms with Crippen LogP contribution in [0.1, 0.15) is 20.3 Å². The van der Waals surface area contributed by atoms with Crippen molar-refractivity contribution in [1.29, 1.82) is 0 Å². The molecule has 3 nitrogen and oxygen atoms in total. The van der Waals surface area contributed by atoms with Crippen LogP contribution in [-0.4, -0.2) is 38.5 Å². The van der Waals surface area contributed by atoms with Gasteiger partial charge in [0.05, 0.1) is 25.4 Å². The molecule has 0 amide bonds. The zero-order valence-electron chi connectivity index (χ0n) is 8.01. The molecule has 3 heteroatoms. The number of rotatable bonds is 5. The van der Waals surface area contributed by atoms with Crippen LogP contribution in [-0.2, 0) is 9.47 Å². The minimum atomic E-state index is 0.315. The summed E-state index contributed by atoms with van der Waals surface area (Å²) >= 11 is 0. The minimum Gasteiger partial charge on any atom is -0.376 e. The van der Waals surface area contributed by atoms with Crippen LogP contribution in [0.3, 0.4) is 0 Å². The van der Waals surface area contributed by atoms with Gasteiger partial charge in [0.1, 0.15) is 0 Å². The summed E-state index contributed by atoms with van der Waals surface area (Å²) in [5.41, 5.74) is 0. The first kappa shape index (κ1) is 9.96. The summed E-state index contributed by atoms with van der Waals surface area (Å²) in [5, 5.41) is 3.26. The molecule has 1 aliphatic heterocycles. The maximum atomic E-state index is 5.57. The second-order valence-electron chi connectivity index (χ2n) is 3.41. The average molecular weight is 173 g/mol. The van der Waals surface area contributed by atoms with Gasteiger partial charge in [0.15, 0.2) is 0 Å². The molecule has 72 valence electrons. The van der Waals surface area contributed by atoms with Crippen LogP contribution in [0.2, 0.25) is 0 Å². The van der Waals surface area contributed by atoms with Crippen LogP contribution >= 0.6 is 0 Å². The van der Waals surface area contributed by atoms with Crippen molar-refractivity contribution in [2.45, 2.75) is 32.5 Å². The van der Waals surface area contributed by atoms with Crippen molar-refractivity contribution >= 4 is 0 Å². The summed E-state index contributed by atoms with van der Waals surface area (Å²) in [4.78, 5) is 0. The van der Waals surface area contributed by atoms with Crippen molar-refractivity contribution in [3.05, 3.63) is 0 Å². The third-order valence-electron chi connectivity index (χ3n) is 1.90. The zero-order chi connectivity index (χ0) is 8.81. The fourth-order valence-corrected chi connectivity index (χ4v) is 1.27. The van der Waals surface area contributed by atoms with Gasteiger partial charge < -0.3 is 14.8 Å². The number of ether oxygens (including phenoxy) is 2. The molecule has 1 atom stereocenters. The summed E-state index contributed by atoms with van der Waals surface area (Å²) in [6.45, 7) is 7.62. The van der Waals surface area contributed by atoms with E-state index in [2.05, 4.69) is 5.32 Å². The summed E-state index contributed by atoms with van der Waals surface area (Å²) < 4.78 is 10.9. The molecule has 0 aromatic heterocycles. The van der Waals surface area contributed by atoms with Gasteiger partial charge in [-0.05, 0) is 26.8 Å². The molecule has 1 fully saturated rings. The Kier molecular flexibility index (Phi) is 4.58. The topological polar surface area (TPSA) is 30.5 Å². The lowest BCUT2D eigenvalue weighted by atomic mass is 10.3. The Labute approximate surface area is 74.4 Å². The van der Waals surface area contributed by atoms with E-state index in [0.717, 1.165) is 26.1 Å². The van der Waals surface area contributed by atoms with Crippen LogP contribution < -0.4 is 5.32 Å². The second kappa shape index (κ2) is 5.51. The lowest BCUT2D eigenvalue weighted by molar-refractivity contribution is -0.00593. The molecule has 0 bridgehead atoms. The molecular formula is C9H19NO2. The first-order valence-corrected chi connectivity index (χ1v) is 4.73. The lowest BCUT2D eigenvalue weighted by Gasteiger charge is -2.11. The van der Waals surface area contributed by atoms with Crippen molar-refractivity contribution in [2.75, 3.05) is 26.3 Å². The van der Waals surface area contributed by atoms with Gasteiger partial charge in [-0.3, -0.25) is 0 Å². The number of hydrogen-bond acceptors (Lipinski definition) is 3. The molecular weight excluding hydrogens is 154 g/mol. The largest absolute Gasteiger partial charge is 0.376 e. The van der Waals surface area contributed by atoms with Crippen LogP contribution in [0, 0.1) is 0 Å². The molecule has 12 heavy (non-hydrogen) atoms. The SMILES string of the molecule is CC(C)OCCO[C@@H]1CCNC1. The van der Waals surface area contributed by atoms with Gasteiger partial charge in [-0.15, -0.1) is 0 Å². The average Bonchev–Trinajstić information content (AvgIpc) is 2.49. The van der Waals surface area contributed by atoms with Crippen molar-refractivity contribution < 1.29 is 9.47 Å². The lowest BCUT2D eigenvalue weighted by Crippen LogP contribution is -2.20. The smallest absolute Gasteiger partial charge is 0.0712 e. The highest BCUT2D eigenvalue weighted by molar-refractivity contribution is 4.70. The summed E-state index contributed by atoms with van der Waals surface area (Å²) in [5.74, 6) is 0. The number of nitrogens with one attached hydrogen (secondary N) is 1. The van der Waals surface area contributed by atoms with Crippen LogP contribution in [0.5, 0.6) is 0 Å². The summed E-state index contributed by atoms with van der Waals surface area (Å²) in [7, 11) is 0. The van der Waals surface area contributed by atoms with E-state index < -0.39 is 0 Å². The van der Waals surface area contributed by atoms with Crippen molar-refractivity contribution in [1.82, 2.24) is 5.32 Å². The normalized spacial score (nSPS) is 23.8. The molecule has 1 heterocycles. The third-order valence-corrected chi connectivity index (χ3v) is 1.90. The minimum absolute atomic E-state index is 0.315. The Bertz CT molecular complexity index is 111. The van der Waals surface area contributed by atoms with E-state index in [0.29, 0.717) is 18.8 Å². The van der Waals surface area contributed by atoms with E-state index >= 15 is 0 Å². The quantitative estimate of drug-likeness (QED) is 0.623. The second-order valence-corrected chi connectivity index (χ2v) is 3.41. The predicted molar refractivity (Wildman–Crippen MR) is 48.3 cm³/mol. The van der Waals surface area contributed by atoms with Crippen molar-refractivity contribution in [3.8, 4) is 0 Å². The molecule has 1 saturated heterocycles. The fraction of sp³-hybridized carbons (Fsp3) is 1.00. The molecule has 0 aromatic rings. The first-order chi connectivity index (χ1) is 5.79. The van der Waals surface area contributed by atoms with Gasteiger partial charge in [-0.1, -0.05) is 0 Å². The molecule has 0 radical (unpaired) electrons. The van der Waals surface area contributed by atoms with Gasteiger partial charge in [-0.2, -0.15) is 0 Å². The number of hydrogen-bond donors (Lipinski definition) is 1. The van der Waals surface area contributed by atoms with Gasteiger partial charge in [0, 0.05) is 6.54 Å². The molecule has 0 aromatic carbocycles. The van der Waals surface area contributed by atoms with Gasteiger partial charge in [-0.25, -0.2) is 0 Å². The standard InChI is InChI=1S/C9H19NO2/c1-8(2)11-5-6-12-9-3-4-10-7-9/h8-10H,3-7H2,1-2H3/t9-/m1/s1. The van der Waals surface area contributed by atoms with Crippen LogP contribution in [0.4, 0.5) is 0 Å². The van der Waals surface area contributed by atoms with E-state index in [4.69, 9.17) is 9.47 Å². The maximum Gasteiger partial charge on any atom is 0.0712 e. The highest BCUT2D eigenvalue weighted by atomic mass is 16.5. The van der Waals surface area contributed by atoms with E-state index in [1.165, 1.54) is 0 Å². The summed E-state index contributed by atoms with van der Waals surface area (Å²) in [6, 6.07) is 0. The van der Waals surface area contributed by atoms with Gasteiger partial charge >= 0.3 is 0 Å². The monoisotopic (exact) mass is 173 g/mol. The van der Waals surface area contributed by atoms with E-state index in [-0.39, 0.29) is 0 Å². The molecule has 0 aliphatic carbocycles. The van der Waals surface area contributed by atoms with Crippen LogP contribution in [0.25, 0.3) is 0 Å². The van der Waals surface area contributed by atoms with E-state index in [9.17, 15) is 0 Å². The molecule has 0 spiro atoms. The molecule has 0 saturated carbocycles. The molecule has 1 rings (SSSR count). The van der Waals surface area contributed by atoms with Crippen molar-refractivity contribution in [3.63, 3.8) is 0 Å². The van der Waals surface area contributed by atoms with E-state index in [1.807, 2.05) is 13.8 Å². The third kappa shape index (κ3) is 4.04. The Morgan fingerprint density at radius 3 is 2.83 bits per heavy atom. The molecule has 1 N–H and O–H groups in total. The van der Waals surface area contributed by atoms with Crippen molar-refractivity contribution in [2.24, 2.45) is 0 Å². The Hall–Kier alpha value is -0.120. The van der Waals surface area contributed by atoms with Gasteiger partial charge in [0.25, 0.3) is 0 Å². The Morgan fingerprint density at radius 1 is 1.42 bits per heavy atom. The summed E-state index contributed by atoms with van der Waals surface area (Å²) in [6.07, 6.45) is 1.87. The Morgan fingerprint density at radius 2 is 2.25 bits per heavy atom. The molecule has 1 aliphatic rings. The molecule has 0 unspecified atom stereocenters. The highest BCUT2D eigenvalue weighted by Gasteiger charge is 2.13. The van der Waals surface area contributed by atoms with Crippen LogP contribution in [0.15, 0.2) is 0 Å². The van der Waals surface area contributed by atoms with E-state index in [1.54, 1.807) is 0 Å². The van der Waals surface area contributed by atoms with Gasteiger partial charge in [0.2, 0.25) is 0 Å². The predicted octanol–water partition coefficient (Wildman–Crippen LogP) is 0.790. The maximum absolute atomic E-state index is 5.57.